The Morgan fingerprint density at radius 2 is 1.69 bits per heavy atom. The molecule has 0 radical (unpaired) electrons. The van der Waals surface area contributed by atoms with E-state index in [0.29, 0.717) is 24.1 Å². The number of pyridine rings is 1. The molecule has 0 spiro atoms. The van der Waals surface area contributed by atoms with Crippen molar-refractivity contribution in [3.63, 3.8) is 0 Å². The highest BCUT2D eigenvalue weighted by molar-refractivity contribution is 5.88. The van der Waals surface area contributed by atoms with Gasteiger partial charge >= 0.3 is 5.97 Å². The van der Waals surface area contributed by atoms with Crippen LogP contribution in [-0.2, 0) is 16.0 Å². The second kappa shape index (κ2) is 15.2. The van der Waals surface area contributed by atoms with E-state index in [-0.39, 0.29) is 0 Å². The number of benzene rings is 2. The third-order valence-electron chi connectivity index (χ3n) is 5.55. The van der Waals surface area contributed by atoms with Gasteiger partial charge in [-0.1, -0.05) is 66.2 Å². The van der Waals surface area contributed by atoms with Gasteiger partial charge < -0.3 is 20.3 Å². The van der Waals surface area contributed by atoms with Crippen LogP contribution in [0.2, 0.25) is 0 Å². The third kappa shape index (κ3) is 11.3. The molecular weight excluding hydrogens is 440 g/mol. The predicted octanol–water partition coefficient (Wildman–Crippen LogP) is 2.87. The Labute approximate surface area is 207 Å². The van der Waals surface area contributed by atoms with E-state index < -0.39 is 11.9 Å². The lowest BCUT2D eigenvalue weighted by molar-refractivity contribution is -0.686. The van der Waals surface area contributed by atoms with Crippen molar-refractivity contribution in [2.45, 2.75) is 45.1 Å². The molecule has 1 aromatic heterocycles. The van der Waals surface area contributed by atoms with Gasteiger partial charge in [0.05, 0.1) is 18.6 Å². The summed E-state index contributed by atoms with van der Waals surface area (Å²) >= 11 is 0. The van der Waals surface area contributed by atoms with Crippen LogP contribution in [0.15, 0.2) is 91.1 Å². The SMILES string of the molecule is Cc1ccc(CC(C)[NH2+]CCCC(c2ccccc2)c2ccccn2)cc1.O=C([O-])/C=C/C(=O)O. The number of quaternary nitrogens is 1. The van der Waals surface area contributed by atoms with E-state index in [2.05, 4.69) is 90.9 Å². The molecule has 1 heterocycles. The fraction of sp³-hybridized carbons (Fsp3) is 0.276. The van der Waals surface area contributed by atoms with E-state index in [1.807, 2.05) is 12.3 Å². The van der Waals surface area contributed by atoms with Gasteiger partial charge in [0.25, 0.3) is 0 Å². The van der Waals surface area contributed by atoms with Crippen LogP contribution in [0, 0.1) is 6.92 Å². The number of carboxylic acids is 2. The topological polar surface area (TPSA) is 107 Å². The molecule has 6 nitrogen and oxygen atoms in total. The summed E-state index contributed by atoms with van der Waals surface area (Å²) in [7, 11) is 0. The molecule has 0 saturated carbocycles. The molecule has 0 aliphatic heterocycles. The Morgan fingerprint density at radius 3 is 2.26 bits per heavy atom. The molecule has 0 bridgehead atoms. The van der Waals surface area contributed by atoms with Crippen molar-refractivity contribution in [3.05, 3.63) is 114 Å². The van der Waals surface area contributed by atoms with Crippen molar-refractivity contribution in [3.8, 4) is 0 Å². The molecule has 0 fully saturated rings. The van der Waals surface area contributed by atoms with Crippen molar-refractivity contribution in [2.75, 3.05) is 6.54 Å². The van der Waals surface area contributed by atoms with Crippen LogP contribution in [0.25, 0.3) is 0 Å². The van der Waals surface area contributed by atoms with Crippen molar-refractivity contribution in [1.82, 2.24) is 4.98 Å². The normalized spacial score (nSPS) is 12.4. The first-order valence-corrected chi connectivity index (χ1v) is 11.8. The Kier molecular flexibility index (Phi) is 11.9. The first-order valence-electron chi connectivity index (χ1n) is 11.8. The summed E-state index contributed by atoms with van der Waals surface area (Å²) in [6.07, 6.45) is 6.30. The predicted molar refractivity (Wildman–Crippen MR) is 135 cm³/mol. The zero-order chi connectivity index (χ0) is 25.5. The number of aryl methyl sites for hydroxylation is 1. The molecule has 184 valence electrons. The van der Waals surface area contributed by atoms with Crippen LogP contribution >= 0.6 is 0 Å². The van der Waals surface area contributed by atoms with Gasteiger partial charge in [-0.05, 0) is 56.0 Å². The highest BCUT2D eigenvalue weighted by Crippen LogP contribution is 2.27. The number of nitrogens with two attached hydrogens (primary N) is 1. The standard InChI is InChI=1S/C25H30N2.C4H4O4/c1-20-13-15-22(16-14-20)19-21(2)26-18-8-11-24(23-9-4-3-5-10-23)25-12-6-7-17-27-25;5-3(6)1-2-4(7)8/h3-7,9-10,12-17,21,24,26H,8,11,18-19H2,1-2H3;1-2H,(H,5,6)(H,7,8)/b;2-1+. The largest absolute Gasteiger partial charge is 0.545 e. The van der Waals surface area contributed by atoms with Crippen LogP contribution in [0.5, 0.6) is 0 Å². The Morgan fingerprint density at radius 1 is 1.00 bits per heavy atom. The average Bonchev–Trinajstić information content (AvgIpc) is 2.86. The number of hydrogen-bond acceptors (Lipinski definition) is 4. The summed E-state index contributed by atoms with van der Waals surface area (Å²) in [4.78, 5) is 23.6. The number of aromatic nitrogens is 1. The lowest BCUT2D eigenvalue weighted by Gasteiger charge is -2.17. The summed E-state index contributed by atoms with van der Waals surface area (Å²) in [5.41, 5.74) is 5.30. The third-order valence-corrected chi connectivity index (χ3v) is 5.55. The molecule has 3 N–H and O–H groups in total. The molecule has 0 aliphatic carbocycles. The fourth-order valence-electron chi connectivity index (χ4n) is 3.80. The van der Waals surface area contributed by atoms with Crippen molar-refractivity contribution in [2.24, 2.45) is 0 Å². The summed E-state index contributed by atoms with van der Waals surface area (Å²) < 4.78 is 0. The summed E-state index contributed by atoms with van der Waals surface area (Å²) in [5.74, 6) is -2.42. The number of carbonyl (C=O) groups excluding carboxylic acids is 1. The van der Waals surface area contributed by atoms with Gasteiger partial charge in [0.1, 0.15) is 0 Å². The summed E-state index contributed by atoms with van der Waals surface area (Å²) in [6.45, 7) is 5.63. The molecule has 2 aromatic carbocycles. The summed E-state index contributed by atoms with van der Waals surface area (Å²) in [5, 5.41) is 19.7. The van der Waals surface area contributed by atoms with Crippen LogP contribution < -0.4 is 10.4 Å². The minimum atomic E-state index is -1.51. The molecule has 35 heavy (non-hydrogen) atoms. The van der Waals surface area contributed by atoms with E-state index in [1.165, 1.54) is 28.8 Å². The average molecular weight is 475 g/mol. The second-order valence-corrected chi connectivity index (χ2v) is 8.54. The summed E-state index contributed by atoms with van der Waals surface area (Å²) in [6, 6.07) is 26.6. The number of aliphatic carboxylic acids is 2. The Bertz CT molecular complexity index is 996. The van der Waals surface area contributed by atoms with Crippen molar-refractivity contribution >= 4 is 11.9 Å². The monoisotopic (exact) mass is 474 g/mol. The molecular formula is C29H34N2O4. The number of nitrogens with zero attached hydrogens (tertiary/aromatic N) is 1. The molecule has 0 amide bonds. The molecule has 3 rings (SSSR count). The van der Waals surface area contributed by atoms with E-state index >= 15 is 0 Å². The van der Waals surface area contributed by atoms with Gasteiger partial charge in [0.2, 0.25) is 0 Å². The van der Waals surface area contributed by atoms with E-state index in [0.717, 1.165) is 19.4 Å². The van der Waals surface area contributed by atoms with Crippen molar-refractivity contribution < 1.29 is 25.1 Å². The smallest absolute Gasteiger partial charge is 0.328 e. The first-order chi connectivity index (χ1) is 16.8. The zero-order valence-electron chi connectivity index (χ0n) is 20.3. The molecule has 2 atom stereocenters. The van der Waals surface area contributed by atoms with Gasteiger partial charge in [-0.3, -0.25) is 4.98 Å². The van der Waals surface area contributed by atoms with E-state index in [9.17, 15) is 14.7 Å². The highest BCUT2D eigenvalue weighted by atomic mass is 16.4. The maximum absolute atomic E-state index is 9.53. The molecule has 0 aliphatic rings. The van der Waals surface area contributed by atoms with Crippen LogP contribution in [0.1, 0.15) is 48.1 Å². The van der Waals surface area contributed by atoms with E-state index in [1.54, 1.807) is 0 Å². The maximum atomic E-state index is 9.53. The minimum absolute atomic E-state index is 0.383. The first kappa shape index (κ1) is 27.5. The second-order valence-electron chi connectivity index (χ2n) is 8.54. The van der Waals surface area contributed by atoms with Gasteiger partial charge in [-0.2, -0.15) is 0 Å². The molecule has 0 saturated heterocycles. The van der Waals surface area contributed by atoms with Crippen molar-refractivity contribution in [1.29, 1.82) is 0 Å². The lowest BCUT2D eigenvalue weighted by Crippen LogP contribution is -2.89. The maximum Gasteiger partial charge on any atom is 0.328 e. The molecule has 2 unspecified atom stereocenters. The quantitative estimate of drug-likeness (QED) is 0.328. The lowest BCUT2D eigenvalue weighted by atomic mass is 9.90. The number of rotatable bonds is 11. The number of carbonyl (C=O) groups is 2. The number of carboxylic acid groups (broad SMARTS) is 2. The molecule has 6 heteroatoms. The Balaban J connectivity index is 0.000000466. The zero-order valence-corrected chi connectivity index (χ0v) is 20.3. The molecule has 3 aromatic rings. The van der Waals surface area contributed by atoms with Gasteiger partial charge in [0.15, 0.2) is 0 Å². The van der Waals surface area contributed by atoms with E-state index in [4.69, 9.17) is 5.11 Å². The van der Waals surface area contributed by atoms with Crippen LogP contribution in [0.3, 0.4) is 0 Å². The van der Waals surface area contributed by atoms with Crippen LogP contribution in [-0.4, -0.2) is 34.6 Å². The minimum Gasteiger partial charge on any atom is -0.545 e. The van der Waals surface area contributed by atoms with Crippen LogP contribution in [0.4, 0.5) is 0 Å². The van der Waals surface area contributed by atoms with Gasteiger partial charge in [-0.15, -0.1) is 0 Å². The fourth-order valence-corrected chi connectivity index (χ4v) is 3.80. The van der Waals surface area contributed by atoms with Gasteiger partial charge in [-0.25, -0.2) is 4.79 Å². The highest BCUT2D eigenvalue weighted by Gasteiger charge is 2.15. The number of hydrogen-bond donors (Lipinski definition) is 2. The Hall–Kier alpha value is -3.77. The van der Waals surface area contributed by atoms with Gasteiger partial charge in [0, 0.05) is 30.3 Å².